The Kier molecular flexibility index (Phi) is 13.4. The number of hydrogen-bond acceptors (Lipinski definition) is 9. The lowest BCUT2D eigenvalue weighted by Crippen LogP contribution is -2.56. The molecule has 0 radical (unpaired) electrons. The number of carboxylic acid groups (broad SMARTS) is 1. The lowest BCUT2D eigenvalue weighted by molar-refractivity contribution is -0.140. The van der Waals surface area contributed by atoms with Crippen LogP contribution >= 0.6 is 12.4 Å². The van der Waals surface area contributed by atoms with E-state index >= 15 is 0 Å². The fourth-order valence-corrected chi connectivity index (χ4v) is 3.93. The van der Waals surface area contributed by atoms with Crippen molar-refractivity contribution in [1.82, 2.24) is 41.1 Å². The summed E-state index contributed by atoms with van der Waals surface area (Å²) in [5, 5.41) is 28.7. The molecule has 4 N–H and O–H groups in total. The minimum Gasteiger partial charge on any atom is -0.481 e. The Bertz CT molecular complexity index is 1390. The summed E-state index contributed by atoms with van der Waals surface area (Å²) in [6.45, 7) is 4.45. The Balaban J connectivity index is 0.00000645. The number of nitrogens with one attached hydrogen (secondary N) is 3. The standard InChI is InChI=1S/C28H34N8O6.ClH/c1-17(2)25(32-23(38)13-12-19-9-5-4-6-10-19)28(42)30-18(3)27(41)31-21(15-24(39)40)22(37)16-36-34-26(33-35-36)20-11-7-8-14-29-20;/h4-11,14,17-18,21,25H,12-13,15-16H2,1-3H3,(H,30,42)(H,31,41)(H,32,38)(H,39,40);1H/t18-,21?,25-;/m0./s1. The average molecular weight is 615 g/mol. The lowest BCUT2D eigenvalue weighted by Gasteiger charge is -2.25. The van der Waals surface area contributed by atoms with Gasteiger partial charge in [-0.25, -0.2) is 0 Å². The van der Waals surface area contributed by atoms with Crippen molar-refractivity contribution in [2.75, 3.05) is 0 Å². The van der Waals surface area contributed by atoms with E-state index in [1.807, 2.05) is 30.3 Å². The molecule has 3 aromatic rings. The van der Waals surface area contributed by atoms with Gasteiger partial charge in [-0.15, -0.1) is 22.6 Å². The molecule has 0 fully saturated rings. The highest BCUT2D eigenvalue weighted by molar-refractivity contribution is 5.95. The number of benzene rings is 1. The second kappa shape index (κ2) is 16.7. The third-order valence-corrected chi connectivity index (χ3v) is 6.23. The van der Waals surface area contributed by atoms with Gasteiger partial charge >= 0.3 is 5.97 Å². The molecule has 0 spiro atoms. The third kappa shape index (κ3) is 10.9. The molecule has 3 amide bonds. The second-order valence-electron chi connectivity index (χ2n) is 9.99. The Hall–Kier alpha value is -4.72. The van der Waals surface area contributed by atoms with Gasteiger partial charge in [-0.05, 0) is 42.2 Å². The van der Waals surface area contributed by atoms with Crippen LogP contribution < -0.4 is 16.0 Å². The van der Waals surface area contributed by atoms with Gasteiger partial charge in [0.15, 0.2) is 5.78 Å². The first kappa shape index (κ1) is 34.5. The predicted octanol–water partition coefficient (Wildman–Crippen LogP) is 0.964. The van der Waals surface area contributed by atoms with Crippen LogP contribution in [0.2, 0.25) is 0 Å². The molecule has 1 unspecified atom stereocenters. The number of ketones is 1. The van der Waals surface area contributed by atoms with E-state index in [1.165, 1.54) is 6.92 Å². The molecule has 0 saturated heterocycles. The molecule has 230 valence electrons. The molecule has 3 atom stereocenters. The van der Waals surface area contributed by atoms with Crippen LogP contribution in [0.25, 0.3) is 11.5 Å². The first-order valence-corrected chi connectivity index (χ1v) is 13.4. The maximum atomic E-state index is 13.0. The molecular formula is C28H35ClN8O6. The summed E-state index contributed by atoms with van der Waals surface area (Å²) in [4.78, 5) is 67.8. The van der Waals surface area contributed by atoms with E-state index in [4.69, 9.17) is 0 Å². The average Bonchev–Trinajstić information content (AvgIpc) is 3.43. The topological polar surface area (TPSA) is 198 Å². The van der Waals surface area contributed by atoms with Gasteiger partial charge in [-0.3, -0.25) is 29.0 Å². The van der Waals surface area contributed by atoms with Gasteiger partial charge in [0, 0.05) is 12.6 Å². The van der Waals surface area contributed by atoms with Crippen molar-refractivity contribution >= 4 is 41.9 Å². The molecule has 43 heavy (non-hydrogen) atoms. The molecule has 3 rings (SSSR count). The number of pyridine rings is 1. The van der Waals surface area contributed by atoms with E-state index in [0.29, 0.717) is 12.1 Å². The number of aromatic nitrogens is 5. The van der Waals surface area contributed by atoms with Crippen LogP contribution in [0.3, 0.4) is 0 Å². The number of halogens is 1. The van der Waals surface area contributed by atoms with Gasteiger partial charge in [-0.2, -0.15) is 4.80 Å². The summed E-state index contributed by atoms with van der Waals surface area (Å²) in [5.41, 5.74) is 1.42. The van der Waals surface area contributed by atoms with Crippen LogP contribution in [-0.2, 0) is 36.9 Å². The maximum absolute atomic E-state index is 13.0. The number of tetrazole rings is 1. The van der Waals surface area contributed by atoms with Gasteiger partial charge in [-0.1, -0.05) is 50.2 Å². The van der Waals surface area contributed by atoms with Crippen LogP contribution in [-0.4, -0.2) is 77.9 Å². The zero-order valence-electron chi connectivity index (χ0n) is 24.0. The van der Waals surface area contributed by atoms with Gasteiger partial charge < -0.3 is 21.1 Å². The van der Waals surface area contributed by atoms with Crippen LogP contribution in [0.5, 0.6) is 0 Å². The van der Waals surface area contributed by atoms with E-state index < -0.39 is 54.7 Å². The number of amides is 3. The van der Waals surface area contributed by atoms with Gasteiger partial charge in [0.25, 0.3) is 0 Å². The summed E-state index contributed by atoms with van der Waals surface area (Å²) in [7, 11) is 0. The van der Waals surface area contributed by atoms with Crippen molar-refractivity contribution in [1.29, 1.82) is 0 Å². The van der Waals surface area contributed by atoms with Gasteiger partial charge in [0.2, 0.25) is 23.5 Å². The summed E-state index contributed by atoms with van der Waals surface area (Å²) in [5.74, 6) is -3.79. The fraction of sp³-hybridized carbons (Fsp3) is 0.393. The number of nitrogens with zero attached hydrogens (tertiary/aromatic N) is 5. The smallest absolute Gasteiger partial charge is 0.305 e. The Morgan fingerprint density at radius 3 is 2.23 bits per heavy atom. The van der Waals surface area contributed by atoms with E-state index in [2.05, 4.69) is 36.3 Å². The van der Waals surface area contributed by atoms with E-state index in [9.17, 15) is 29.1 Å². The Morgan fingerprint density at radius 1 is 0.907 bits per heavy atom. The second-order valence-corrected chi connectivity index (χ2v) is 9.99. The number of aryl methyl sites for hydroxylation is 1. The summed E-state index contributed by atoms with van der Waals surface area (Å²) < 4.78 is 0. The van der Waals surface area contributed by atoms with Crippen molar-refractivity contribution in [3.05, 3.63) is 60.3 Å². The van der Waals surface area contributed by atoms with Crippen molar-refractivity contribution in [2.45, 2.75) is 64.7 Å². The number of carbonyl (C=O) groups excluding carboxylic acids is 4. The van der Waals surface area contributed by atoms with Gasteiger partial charge in [0.05, 0.1) is 6.42 Å². The zero-order valence-corrected chi connectivity index (χ0v) is 24.8. The van der Waals surface area contributed by atoms with Crippen LogP contribution in [0.1, 0.15) is 39.2 Å². The highest BCUT2D eigenvalue weighted by Gasteiger charge is 2.30. The van der Waals surface area contributed by atoms with Crippen molar-refractivity contribution in [3.63, 3.8) is 0 Å². The summed E-state index contributed by atoms with van der Waals surface area (Å²) in [6, 6.07) is 11.1. The summed E-state index contributed by atoms with van der Waals surface area (Å²) in [6.07, 6.45) is 1.53. The first-order chi connectivity index (χ1) is 20.0. The number of carbonyl (C=O) groups is 5. The molecule has 15 heteroatoms. The molecule has 0 aliphatic heterocycles. The molecule has 0 bridgehead atoms. The first-order valence-electron chi connectivity index (χ1n) is 13.4. The fourth-order valence-electron chi connectivity index (χ4n) is 3.93. The van der Waals surface area contributed by atoms with Crippen molar-refractivity contribution in [3.8, 4) is 11.5 Å². The molecule has 1 aromatic carbocycles. The largest absolute Gasteiger partial charge is 0.481 e. The van der Waals surface area contributed by atoms with Crippen LogP contribution in [0.4, 0.5) is 0 Å². The number of aliphatic carboxylic acids is 1. The van der Waals surface area contributed by atoms with E-state index in [-0.39, 0.29) is 36.5 Å². The molecule has 0 saturated carbocycles. The Morgan fingerprint density at radius 2 is 1.60 bits per heavy atom. The minimum atomic E-state index is -1.42. The molecule has 0 aliphatic carbocycles. The molecule has 14 nitrogen and oxygen atoms in total. The number of Topliss-reactive ketones (excluding diaryl/α,β-unsaturated/α-hetero) is 1. The Labute approximate surface area is 254 Å². The highest BCUT2D eigenvalue weighted by atomic mass is 35.5. The molecule has 0 aliphatic rings. The third-order valence-electron chi connectivity index (χ3n) is 6.23. The molecule has 2 aromatic heterocycles. The highest BCUT2D eigenvalue weighted by Crippen LogP contribution is 2.09. The number of hydrogen-bond donors (Lipinski definition) is 4. The number of carboxylic acids is 1. The molecular weight excluding hydrogens is 580 g/mol. The zero-order chi connectivity index (χ0) is 30.6. The maximum Gasteiger partial charge on any atom is 0.305 e. The minimum absolute atomic E-state index is 0. The quantitative estimate of drug-likeness (QED) is 0.191. The normalized spacial score (nSPS) is 12.7. The number of rotatable bonds is 15. The molecule has 2 heterocycles. The van der Waals surface area contributed by atoms with E-state index in [1.54, 1.807) is 38.2 Å². The van der Waals surface area contributed by atoms with Crippen LogP contribution in [0.15, 0.2) is 54.7 Å². The van der Waals surface area contributed by atoms with Crippen molar-refractivity contribution < 1.29 is 29.1 Å². The van der Waals surface area contributed by atoms with Crippen molar-refractivity contribution in [2.24, 2.45) is 5.92 Å². The SMILES string of the molecule is CC(C)[C@H](NC(=O)CCc1ccccc1)C(=O)N[C@@H](C)C(=O)NC(CC(=O)O)C(=O)Cn1nnc(-c2ccccn2)n1.Cl. The lowest BCUT2D eigenvalue weighted by atomic mass is 10.0. The predicted molar refractivity (Wildman–Crippen MR) is 157 cm³/mol. The summed E-state index contributed by atoms with van der Waals surface area (Å²) >= 11 is 0. The monoisotopic (exact) mass is 614 g/mol. The van der Waals surface area contributed by atoms with Crippen LogP contribution in [0, 0.1) is 5.92 Å². The van der Waals surface area contributed by atoms with E-state index in [0.717, 1.165) is 10.4 Å². The van der Waals surface area contributed by atoms with Gasteiger partial charge in [0.1, 0.15) is 30.4 Å².